The number of aromatic nitrogens is 2. The molecule has 0 fully saturated rings. The average molecular weight is 324 g/mol. The van der Waals surface area contributed by atoms with E-state index in [1.165, 1.54) is 0 Å². The molecule has 0 radical (unpaired) electrons. The molecule has 8 heteroatoms. The summed E-state index contributed by atoms with van der Waals surface area (Å²) in [6, 6.07) is 0. The number of aryl methyl sites for hydroxylation is 1. The Morgan fingerprint density at radius 2 is 2.13 bits per heavy atom. The van der Waals surface area contributed by atoms with Gasteiger partial charge in [-0.25, -0.2) is 4.99 Å². The lowest BCUT2D eigenvalue weighted by atomic mass is 10.00. The van der Waals surface area contributed by atoms with Crippen LogP contribution in [0.2, 0.25) is 0 Å². The Labute approximate surface area is 137 Å². The largest absolute Gasteiger partial charge is 0.383 e. The molecule has 1 heterocycles. The van der Waals surface area contributed by atoms with Gasteiger partial charge in [-0.1, -0.05) is 6.92 Å². The molecule has 130 valence electrons. The van der Waals surface area contributed by atoms with Crippen molar-refractivity contribution in [2.75, 3.05) is 26.2 Å². The van der Waals surface area contributed by atoms with Gasteiger partial charge in [0.05, 0.1) is 12.7 Å². The third-order valence-electron chi connectivity index (χ3n) is 3.22. The fraction of sp³-hybridized carbons (Fsp3) is 0.667. The van der Waals surface area contributed by atoms with Crippen molar-refractivity contribution in [1.29, 1.82) is 0 Å². The third-order valence-corrected chi connectivity index (χ3v) is 3.22. The van der Waals surface area contributed by atoms with Crippen LogP contribution in [0.5, 0.6) is 0 Å². The Bertz CT molecular complexity index is 524. The van der Waals surface area contributed by atoms with Gasteiger partial charge in [0.2, 0.25) is 5.91 Å². The highest BCUT2D eigenvalue weighted by molar-refractivity contribution is 5.84. The standard InChI is InChI=1S/C15H28N6O2/c1-5-7-17-13(22)9-18-14(16-6-2)19-11-15(3,23)12-8-20-21(4)10-12/h8,10,23H,5-7,9,11H2,1-4H3,(H,17,22)(H2,16,18,19). The van der Waals surface area contributed by atoms with E-state index in [1.54, 1.807) is 31.0 Å². The van der Waals surface area contributed by atoms with Crippen molar-refractivity contribution < 1.29 is 9.90 Å². The van der Waals surface area contributed by atoms with E-state index in [1.807, 2.05) is 13.8 Å². The molecule has 4 N–H and O–H groups in total. The highest BCUT2D eigenvalue weighted by Gasteiger charge is 2.25. The molecule has 1 aromatic rings. The molecular formula is C15H28N6O2. The van der Waals surface area contributed by atoms with Crippen LogP contribution in [0.3, 0.4) is 0 Å². The second kappa shape index (κ2) is 9.14. The van der Waals surface area contributed by atoms with Crippen LogP contribution in [0.1, 0.15) is 32.8 Å². The lowest BCUT2D eigenvalue weighted by Crippen LogP contribution is -2.45. The maximum absolute atomic E-state index is 11.6. The summed E-state index contributed by atoms with van der Waals surface area (Å²) in [6.45, 7) is 7.24. The van der Waals surface area contributed by atoms with Crippen LogP contribution in [0, 0.1) is 0 Å². The minimum atomic E-state index is -1.09. The van der Waals surface area contributed by atoms with Crippen LogP contribution in [0.15, 0.2) is 17.4 Å². The van der Waals surface area contributed by atoms with Gasteiger partial charge in [0.15, 0.2) is 5.96 Å². The number of amides is 1. The van der Waals surface area contributed by atoms with E-state index in [-0.39, 0.29) is 19.0 Å². The zero-order valence-electron chi connectivity index (χ0n) is 14.4. The SMILES string of the molecule is CCCNC(=O)CN=C(NCC)NCC(C)(O)c1cnn(C)c1. The lowest BCUT2D eigenvalue weighted by molar-refractivity contribution is -0.119. The molecule has 0 aliphatic carbocycles. The number of aliphatic imine (C=N–C) groups is 1. The minimum absolute atomic E-state index is 0.0460. The number of hydrogen-bond acceptors (Lipinski definition) is 4. The van der Waals surface area contributed by atoms with E-state index >= 15 is 0 Å². The molecule has 1 amide bonds. The molecule has 1 rings (SSSR count). The number of carbonyl (C=O) groups excluding carboxylic acids is 1. The normalized spacial score (nSPS) is 14.2. The summed E-state index contributed by atoms with van der Waals surface area (Å²) in [7, 11) is 1.80. The predicted molar refractivity (Wildman–Crippen MR) is 90.1 cm³/mol. The number of nitrogens with zero attached hydrogens (tertiary/aromatic N) is 3. The Hall–Kier alpha value is -2.09. The molecule has 0 aliphatic heterocycles. The van der Waals surface area contributed by atoms with E-state index in [0.717, 1.165) is 6.42 Å². The van der Waals surface area contributed by atoms with Crippen LogP contribution in [-0.4, -0.2) is 52.9 Å². The monoisotopic (exact) mass is 324 g/mol. The van der Waals surface area contributed by atoms with Crippen molar-refractivity contribution in [1.82, 2.24) is 25.7 Å². The quantitative estimate of drug-likeness (QED) is 0.389. The second-order valence-corrected chi connectivity index (χ2v) is 5.58. The van der Waals surface area contributed by atoms with Gasteiger partial charge in [-0.15, -0.1) is 0 Å². The summed E-state index contributed by atoms with van der Waals surface area (Å²) >= 11 is 0. The maximum Gasteiger partial charge on any atom is 0.241 e. The molecule has 0 bridgehead atoms. The maximum atomic E-state index is 11.6. The number of rotatable bonds is 8. The Morgan fingerprint density at radius 3 is 2.70 bits per heavy atom. The first-order chi connectivity index (χ1) is 10.9. The topological polar surface area (TPSA) is 104 Å². The van der Waals surface area contributed by atoms with Gasteiger partial charge in [-0.05, 0) is 20.3 Å². The first kappa shape index (κ1) is 19.0. The molecule has 8 nitrogen and oxygen atoms in total. The minimum Gasteiger partial charge on any atom is -0.383 e. The average Bonchev–Trinajstić information content (AvgIpc) is 2.95. The van der Waals surface area contributed by atoms with Gasteiger partial charge in [0.25, 0.3) is 0 Å². The van der Waals surface area contributed by atoms with Crippen LogP contribution in [-0.2, 0) is 17.4 Å². The molecule has 1 unspecified atom stereocenters. The van der Waals surface area contributed by atoms with E-state index in [9.17, 15) is 9.90 Å². The Morgan fingerprint density at radius 1 is 1.39 bits per heavy atom. The van der Waals surface area contributed by atoms with Gasteiger partial charge in [-0.3, -0.25) is 9.48 Å². The zero-order valence-corrected chi connectivity index (χ0v) is 14.4. The molecule has 0 saturated heterocycles. The fourth-order valence-electron chi connectivity index (χ4n) is 1.87. The van der Waals surface area contributed by atoms with Crippen LogP contribution in [0.25, 0.3) is 0 Å². The van der Waals surface area contributed by atoms with Gasteiger partial charge < -0.3 is 21.1 Å². The Balaban J connectivity index is 2.59. The van der Waals surface area contributed by atoms with E-state index in [2.05, 4.69) is 26.0 Å². The highest BCUT2D eigenvalue weighted by atomic mass is 16.3. The van der Waals surface area contributed by atoms with Gasteiger partial charge in [0, 0.05) is 31.9 Å². The molecule has 23 heavy (non-hydrogen) atoms. The van der Waals surface area contributed by atoms with Crippen molar-refractivity contribution in [3.05, 3.63) is 18.0 Å². The molecule has 0 aromatic carbocycles. The summed E-state index contributed by atoms with van der Waals surface area (Å²) < 4.78 is 1.64. The molecule has 0 spiro atoms. The predicted octanol–water partition coefficient (Wildman–Crippen LogP) is -0.291. The van der Waals surface area contributed by atoms with Crippen molar-refractivity contribution in [3.63, 3.8) is 0 Å². The number of carbonyl (C=O) groups is 1. The van der Waals surface area contributed by atoms with Crippen molar-refractivity contribution in [3.8, 4) is 0 Å². The molecular weight excluding hydrogens is 296 g/mol. The number of aliphatic hydroxyl groups is 1. The van der Waals surface area contributed by atoms with Crippen molar-refractivity contribution in [2.24, 2.45) is 12.0 Å². The highest BCUT2D eigenvalue weighted by Crippen LogP contribution is 2.18. The Kier molecular flexibility index (Phi) is 7.53. The van der Waals surface area contributed by atoms with E-state index in [4.69, 9.17) is 0 Å². The van der Waals surface area contributed by atoms with Crippen LogP contribution >= 0.6 is 0 Å². The number of hydrogen-bond donors (Lipinski definition) is 4. The number of guanidine groups is 1. The smallest absolute Gasteiger partial charge is 0.241 e. The van der Waals surface area contributed by atoms with Crippen molar-refractivity contribution in [2.45, 2.75) is 32.8 Å². The van der Waals surface area contributed by atoms with Gasteiger partial charge in [0.1, 0.15) is 12.1 Å². The molecule has 1 aromatic heterocycles. The third kappa shape index (κ3) is 6.68. The van der Waals surface area contributed by atoms with Crippen molar-refractivity contribution >= 4 is 11.9 Å². The summed E-state index contributed by atoms with van der Waals surface area (Å²) in [5, 5.41) is 23.5. The molecule has 0 aliphatic rings. The first-order valence-corrected chi connectivity index (χ1v) is 7.89. The molecule has 0 saturated carbocycles. The fourth-order valence-corrected chi connectivity index (χ4v) is 1.87. The van der Waals surface area contributed by atoms with E-state index in [0.29, 0.717) is 24.6 Å². The van der Waals surface area contributed by atoms with Crippen LogP contribution < -0.4 is 16.0 Å². The van der Waals surface area contributed by atoms with Gasteiger partial charge in [-0.2, -0.15) is 5.10 Å². The van der Waals surface area contributed by atoms with Gasteiger partial charge >= 0.3 is 0 Å². The second-order valence-electron chi connectivity index (χ2n) is 5.58. The lowest BCUT2D eigenvalue weighted by Gasteiger charge is -2.23. The van der Waals surface area contributed by atoms with Crippen LogP contribution in [0.4, 0.5) is 0 Å². The summed E-state index contributed by atoms with van der Waals surface area (Å²) in [5.41, 5.74) is -0.376. The van der Waals surface area contributed by atoms with E-state index < -0.39 is 5.60 Å². The summed E-state index contributed by atoms with van der Waals surface area (Å²) in [4.78, 5) is 15.8. The number of nitrogens with one attached hydrogen (secondary N) is 3. The zero-order chi connectivity index (χ0) is 17.3. The summed E-state index contributed by atoms with van der Waals surface area (Å²) in [6.07, 6.45) is 4.29. The first-order valence-electron chi connectivity index (χ1n) is 7.89. The molecule has 1 atom stereocenters. The summed E-state index contributed by atoms with van der Waals surface area (Å²) in [5.74, 6) is 0.367.